The number of hydrogen-bond acceptors (Lipinski definition) is 6. The molecule has 6 heteroatoms. The lowest BCUT2D eigenvalue weighted by molar-refractivity contribution is 0.174. The van der Waals surface area contributed by atoms with Crippen LogP contribution in [0, 0.1) is 6.92 Å². The van der Waals surface area contributed by atoms with Crippen LogP contribution in [-0.4, -0.2) is 17.0 Å². The van der Waals surface area contributed by atoms with Crippen LogP contribution in [0.1, 0.15) is 11.5 Å². The average molecular weight is 309 g/mol. The second kappa shape index (κ2) is 5.64. The van der Waals surface area contributed by atoms with E-state index in [-0.39, 0.29) is 6.79 Å². The van der Waals surface area contributed by atoms with Crippen LogP contribution in [0.5, 0.6) is 11.5 Å². The third kappa shape index (κ3) is 2.83. The minimum absolute atomic E-state index is 0.266. The molecule has 2 heterocycles. The number of benzene rings is 2. The lowest BCUT2D eigenvalue weighted by Crippen LogP contribution is -1.99. The van der Waals surface area contributed by atoms with Gasteiger partial charge in [-0.25, -0.2) is 0 Å². The molecule has 1 N–H and O–H groups in total. The summed E-state index contributed by atoms with van der Waals surface area (Å²) in [6.07, 6.45) is 0. The first-order valence-electron chi connectivity index (χ1n) is 7.31. The van der Waals surface area contributed by atoms with E-state index in [1.807, 2.05) is 49.4 Å². The molecule has 1 aliphatic heterocycles. The predicted molar refractivity (Wildman–Crippen MR) is 84.4 cm³/mol. The van der Waals surface area contributed by atoms with Crippen LogP contribution in [0.4, 0.5) is 5.69 Å². The summed E-state index contributed by atoms with van der Waals surface area (Å²) >= 11 is 0. The quantitative estimate of drug-likeness (QED) is 0.796. The second-order valence-corrected chi connectivity index (χ2v) is 5.29. The normalized spacial score (nSPS) is 12.4. The van der Waals surface area contributed by atoms with Crippen molar-refractivity contribution < 1.29 is 13.9 Å². The molecule has 0 saturated carbocycles. The summed E-state index contributed by atoms with van der Waals surface area (Å²) in [5, 5.41) is 11.4. The Bertz CT molecular complexity index is 827. The van der Waals surface area contributed by atoms with Crippen LogP contribution in [0.15, 0.2) is 46.9 Å². The molecule has 0 fully saturated rings. The van der Waals surface area contributed by atoms with E-state index in [9.17, 15) is 0 Å². The van der Waals surface area contributed by atoms with Gasteiger partial charge < -0.3 is 19.2 Å². The molecule has 4 rings (SSSR count). The summed E-state index contributed by atoms with van der Waals surface area (Å²) in [5.41, 5.74) is 3.01. The SMILES string of the molecule is Cc1ccc(-c2nnc(CNc3ccc4c(c3)OCO4)o2)cc1. The molecular formula is C17H15N3O3. The van der Waals surface area contributed by atoms with Gasteiger partial charge >= 0.3 is 0 Å². The summed E-state index contributed by atoms with van der Waals surface area (Å²) in [6.45, 7) is 2.75. The first-order chi connectivity index (χ1) is 11.3. The molecule has 0 aliphatic carbocycles. The third-order valence-corrected chi connectivity index (χ3v) is 3.58. The van der Waals surface area contributed by atoms with E-state index in [2.05, 4.69) is 15.5 Å². The molecule has 116 valence electrons. The fourth-order valence-electron chi connectivity index (χ4n) is 2.32. The molecule has 1 aromatic heterocycles. The first-order valence-corrected chi connectivity index (χ1v) is 7.31. The van der Waals surface area contributed by atoms with Crippen LogP contribution < -0.4 is 14.8 Å². The van der Waals surface area contributed by atoms with Crippen molar-refractivity contribution in [2.75, 3.05) is 12.1 Å². The number of nitrogens with zero attached hydrogens (tertiary/aromatic N) is 2. The number of anilines is 1. The molecule has 0 spiro atoms. The van der Waals surface area contributed by atoms with Gasteiger partial charge in [-0.15, -0.1) is 10.2 Å². The first kappa shape index (κ1) is 13.6. The zero-order valence-electron chi connectivity index (χ0n) is 12.6. The monoisotopic (exact) mass is 309 g/mol. The van der Waals surface area contributed by atoms with Gasteiger partial charge in [-0.1, -0.05) is 17.7 Å². The Morgan fingerprint density at radius 1 is 1.00 bits per heavy atom. The standard InChI is InChI=1S/C17H15N3O3/c1-11-2-4-12(5-3-11)17-20-19-16(23-17)9-18-13-6-7-14-15(8-13)22-10-21-14/h2-8,18H,9-10H2,1H3. The fourth-order valence-corrected chi connectivity index (χ4v) is 2.32. The topological polar surface area (TPSA) is 69.4 Å². The zero-order chi connectivity index (χ0) is 15.6. The van der Waals surface area contributed by atoms with E-state index in [0.29, 0.717) is 18.3 Å². The second-order valence-electron chi connectivity index (χ2n) is 5.29. The zero-order valence-corrected chi connectivity index (χ0v) is 12.6. The number of rotatable bonds is 4. The predicted octanol–water partition coefficient (Wildman–Crippen LogP) is 3.39. The maximum atomic E-state index is 5.68. The van der Waals surface area contributed by atoms with Crippen LogP contribution in [0.3, 0.4) is 0 Å². The lowest BCUT2D eigenvalue weighted by Gasteiger charge is -2.04. The van der Waals surface area contributed by atoms with E-state index in [1.165, 1.54) is 5.56 Å². The van der Waals surface area contributed by atoms with Gasteiger partial charge in [0, 0.05) is 17.3 Å². The highest BCUT2D eigenvalue weighted by molar-refractivity contribution is 5.56. The van der Waals surface area contributed by atoms with Crippen molar-refractivity contribution in [2.45, 2.75) is 13.5 Å². The molecule has 1 aliphatic rings. The Morgan fingerprint density at radius 3 is 2.70 bits per heavy atom. The summed E-state index contributed by atoms with van der Waals surface area (Å²) < 4.78 is 16.3. The summed E-state index contributed by atoms with van der Waals surface area (Å²) in [6, 6.07) is 13.7. The van der Waals surface area contributed by atoms with E-state index >= 15 is 0 Å². The lowest BCUT2D eigenvalue weighted by atomic mass is 10.1. The van der Waals surface area contributed by atoms with Crippen LogP contribution in [0.25, 0.3) is 11.5 Å². The number of aromatic nitrogens is 2. The Hall–Kier alpha value is -3.02. The van der Waals surface area contributed by atoms with Crippen molar-refractivity contribution in [3.8, 4) is 23.0 Å². The molecule has 0 bridgehead atoms. The summed E-state index contributed by atoms with van der Waals surface area (Å²) in [4.78, 5) is 0. The number of fused-ring (bicyclic) bond motifs is 1. The maximum Gasteiger partial charge on any atom is 0.247 e. The van der Waals surface area contributed by atoms with Crippen molar-refractivity contribution in [1.82, 2.24) is 10.2 Å². The molecule has 2 aromatic carbocycles. The van der Waals surface area contributed by atoms with Gasteiger partial charge in [-0.05, 0) is 31.2 Å². The molecule has 0 amide bonds. The van der Waals surface area contributed by atoms with Gasteiger partial charge in [-0.3, -0.25) is 0 Å². The number of nitrogens with one attached hydrogen (secondary N) is 1. The molecular weight excluding hydrogens is 294 g/mol. The van der Waals surface area contributed by atoms with Gasteiger partial charge in [0.25, 0.3) is 0 Å². The van der Waals surface area contributed by atoms with Gasteiger partial charge in [0.1, 0.15) is 0 Å². The van der Waals surface area contributed by atoms with E-state index in [1.54, 1.807) is 0 Å². The summed E-state index contributed by atoms with van der Waals surface area (Å²) in [7, 11) is 0. The Balaban J connectivity index is 1.44. The van der Waals surface area contributed by atoms with E-state index < -0.39 is 0 Å². The smallest absolute Gasteiger partial charge is 0.247 e. The highest BCUT2D eigenvalue weighted by Gasteiger charge is 2.13. The minimum atomic E-state index is 0.266. The number of aryl methyl sites for hydroxylation is 1. The molecule has 0 radical (unpaired) electrons. The highest BCUT2D eigenvalue weighted by Crippen LogP contribution is 2.34. The number of ether oxygens (including phenoxy) is 2. The fraction of sp³-hybridized carbons (Fsp3) is 0.176. The summed E-state index contributed by atoms with van der Waals surface area (Å²) in [5.74, 6) is 2.54. The Morgan fingerprint density at radius 2 is 1.83 bits per heavy atom. The molecule has 6 nitrogen and oxygen atoms in total. The maximum absolute atomic E-state index is 5.68. The van der Waals surface area contributed by atoms with Crippen molar-refractivity contribution in [1.29, 1.82) is 0 Å². The highest BCUT2D eigenvalue weighted by atomic mass is 16.7. The molecule has 23 heavy (non-hydrogen) atoms. The van der Waals surface area contributed by atoms with Gasteiger partial charge in [0.15, 0.2) is 11.5 Å². The van der Waals surface area contributed by atoms with Crippen molar-refractivity contribution in [2.24, 2.45) is 0 Å². The van der Waals surface area contributed by atoms with Crippen LogP contribution in [-0.2, 0) is 6.54 Å². The Labute approximate surface area is 133 Å². The van der Waals surface area contributed by atoms with Crippen molar-refractivity contribution in [3.63, 3.8) is 0 Å². The third-order valence-electron chi connectivity index (χ3n) is 3.58. The van der Waals surface area contributed by atoms with Gasteiger partial charge in [0.2, 0.25) is 18.6 Å². The average Bonchev–Trinajstić information content (AvgIpc) is 3.22. The molecule has 0 atom stereocenters. The van der Waals surface area contributed by atoms with Crippen LogP contribution in [0.2, 0.25) is 0 Å². The molecule has 3 aromatic rings. The molecule has 0 saturated heterocycles. The Kier molecular flexibility index (Phi) is 3.34. The molecule has 0 unspecified atom stereocenters. The van der Waals surface area contributed by atoms with E-state index in [0.717, 1.165) is 22.7 Å². The van der Waals surface area contributed by atoms with Gasteiger partial charge in [-0.2, -0.15) is 0 Å². The van der Waals surface area contributed by atoms with Crippen molar-refractivity contribution in [3.05, 3.63) is 53.9 Å². The van der Waals surface area contributed by atoms with Crippen LogP contribution >= 0.6 is 0 Å². The van der Waals surface area contributed by atoms with Crippen molar-refractivity contribution >= 4 is 5.69 Å². The van der Waals surface area contributed by atoms with Gasteiger partial charge in [0.05, 0.1) is 6.54 Å². The van der Waals surface area contributed by atoms with E-state index in [4.69, 9.17) is 13.9 Å². The largest absolute Gasteiger partial charge is 0.454 e. The number of hydrogen-bond donors (Lipinski definition) is 1. The minimum Gasteiger partial charge on any atom is -0.454 e.